The fraction of sp³-hybridized carbons (Fsp3) is 1.00. The Morgan fingerprint density at radius 3 is 2.00 bits per heavy atom. The van der Waals surface area contributed by atoms with Crippen LogP contribution in [0.3, 0.4) is 0 Å². The van der Waals surface area contributed by atoms with Gasteiger partial charge in [0.2, 0.25) is 0 Å². The first-order valence-electron chi connectivity index (χ1n) is 2.35. The molecule has 0 bridgehead atoms. The molecule has 0 aliphatic carbocycles. The van der Waals surface area contributed by atoms with Crippen molar-refractivity contribution in [2.24, 2.45) is 0 Å². The summed E-state index contributed by atoms with van der Waals surface area (Å²) in [6, 6.07) is 0. The average Bonchev–Trinajstić information content (AvgIpc) is 1.84. The maximum absolute atomic E-state index is 12.5. The van der Waals surface area contributed by atoms with Gasteiger partial charge in [0.15, 0.2) is 0 Å². The number of alkyl halides is 1. The van der Waals surface area contributed by atoms with Gasteiger partial charge in [-0.15, -0.1) is 0 Å². The Balaban J connectivity index is 2.40. The molecular formula is C4H9FN2. The molecule has 1 aliphatic heterocycles. The van der Waals surface area contributed by atoms with Crippen molar-refractivity contribution >= 4 is 0 Å². The monoisotopic (exact) mass is 104 g/mol. The molecule has 42 valence electrons. The fourth-order valence-electron chi connectivity index (χ4n) is 0.556. The lowest BCUT2D eigenvalue weighted by atomic mass is 10.2. The highest BCUT2D eigenvalue weighted by atomic mass is 19.1. The highest BCUT2D eigenvalue weighted by Crippen LogP contribution is 2.08. The Kier molecular flexibility index (Phi) is 1.01. The molecule has 1 saturated heterocycles. The molecule has 3 heteroatoms. The summed E-state index contributed by atoms with van der Waals surface area (Å²) >= 11 is 0. The van der Waals surface area contributed by atoms with Crippen LogP contribution in [0.1, 0.15) is 6.92 Å². The molecule has 1 fully saturated rings. The number of hydrogen-bond donors (Lipinski definition) is 2. The predicted octanol–water partition coefficient (Wildman–Crippen LogP) is -0.178. The molecule has 0 aromatic rings. The molecule has 1 heterocycles. The molecule has 0 spiro atoms. The van der Waals surface area contributed by atoms with Crippen LogP contribution in [-0.2, 0) is 0 Å². The van der Waals surface area contributed by atoms with E-state index in [9.17, 15) is 4.39 Å². The van der Waals surface area contributed by atoms with E-state index in [0.29, 0.717) is 13.1 Å². The third kappa shape index (κ3) is 1.11. The quantitative estimate of drug-likeness (QED) is 0.445. The molecule has 0 aromatic carbocycles. The molecule has 0 aromatic heterocycles. The van der Waals surface area contributed by atoms with Gasteiger partial charge in [0.25, 0.3) is 0 Å². The average molecular weight is 104 g/mol. The van der Waals surface area contributed by atoms with E-state index in [0.717, 1.165) is 0 Å². The van der Waals surface area contributed by atoms with Crippen molar-refractivity contribution in [2.75, 3.05) is 13.1 Å². The van der Waals surface area contributed by atoms with Gasteiger partial charge in [0, 0.05) is 13.1 Å². The van der Waals surface area contributed by atoms with E-state index < -0.39 is 5.67 Å². The maximum atomic E-state index is 12.5. The molecule has 2 nitrogen and oxygen atoms in total. The second kappa shape index (κ2) is 1.42. The van der Waals surface area contributed by atoms with E-state index in [4.69, 9.17) is 0 Å². The lowest BCUT2D eigenvalue weighted by molar-refractivity contribution is 0.233. The second-order valence-electron chi connectivity index (χ2n) is 2.12. The highest BCUT2D eigenvalue weighted by molar-refractivity contribution is 4.82. The van der Waals surface area contributed by atoms with Crippen molar-refractivity contribution in [1.29, 1.82) is 0 Å². The predicted molar refractivity (Wildman–Crippen MR) is 25.5 cm³/mol. The first kappa shape index (κ1) is 5.00. The van der Waals surface area contributed by atoms with Crippen molar-refractivity contribution in [3.63, 3.8) is 0 Å². The normalized spacial score (nSPS) is 28.3. The molecule has 0 amide bonds. The van der Waals surface area contributed by atoms with Crippen LogP contribution in [0, 0.1) is 0 Å². The Hall–Kier alpha value is -0.150. The summed E-state index contributed by atoms with van der Waals surface area (Å²) in [5.74, 6) is 0. The van der Waals surface area contributed by atoms with Crippen LogP contribution in [0.25, 0.3) is 0 Å². The van der Waals surface area contributed by atoms with Crippen molar-refractivity contribution in [3.05, 3.63) is 0 Å². The van der Waals surface area contributed by atoms with Crippen molar-refractivity contribution in [3.8, 4) is 0 Å². The fourth-order valence-corrected chi connectivity index (χ4v) is 0.556. The smallest absolute Gasteiger partial charge is 0.135 e. The highest BCUT2D eigenvalue weighted by Gasteiger charge is 2.26. The summed E-state index contributed by atoms with van der Waals surface area (Å²) < 4.78 is 12.5. The number of hydrazine groups is 1. The number of halogens is 1. The van der Waals surface area contributed by atoms with Gasteiger partial charge in [-0.05, 0) is 6.92 Å². The van der Waals surface area contributed by atoms with Gasteiger partial charge in [-0.25, -0.2) is 4.39 Å². The van der Waals surface area contributed by atoms with Gasteiger partial charge in [0.1, 0.15) is 5.67 Å². The summed E-state index contributed by atoms with van der Waals surface area (Å²) in [6.07, 6.45) is 0. The summed E-state index contributed by atoms with van der Waals surface area (Å²) in [5, 5.41) is 0. The molecule has 0 saturated carbocycles. The van der Waals surface area contributed by atoms with Crippen LogP contribution < -0.4 is 10.9 Å². The van der Waals surface area contributed by atoms with Crippen LogP contribution in [0.2, 0.25) is 0 Å². The Labute approximate surface area is 42.1 Å². The Morgan fingerprint density at radius 2 is 1.86 bits per heavy atom. The standard InChI is InChI=1S/C4H9FN2/c1-4(5)2-6-7-3-4/h6-7H,2-3H2,1H3. The zero-order valence-corrected chi connectivity index (χ0v) is 4.29. The molecule has 1 rings (SSSR count). The van der Waals surface area contributed by atoms with Gasteiger partial charge < -0.3 is 0 Å². The molecule has 0 atom stereocenters. The van der Waals surface area contributed by atoms with Crippen molar-refractivity contribution < 1.29 is 4.39 Å². The van der Waals surface area contributed by atoms with E-state index in [2.05, 4.69) is 10.9 Å². The summed E-state index contributed by atoms with van der Waals surface area (Å²) in [4.78, 5) is 0. The lowest BCUT2D eigenvalue weighted by Gasteiger charge is -2.05. The van der Waals surface area contributed by atoms with Gasteiger partial charge in [-0.1, -0.05) is 0 Å². The Morgan fingerprint density at radius 1 is 1.43 bits per heavy atom. The first-order chi connectivity index (χ1) is 3.21. The Bertz CT molecular complexity index is 64.1. The molecule has 1 aliphatic rings. The first-order valence-corrected chi connectivity index (χ1v) is 2.35. The lowest BCUT2D eigenvalue weighted by Crippen LogP contribution is -2.23. The van der Waals surface area contributed by atoms with Crippen LogP contribution in [-0.4, -0.2) is 18.8 Å². The summed E-state index contributed by atoms with van der Waals surface area (Å²) in [5.41, 5.74) is 4.35. The molecule has 7 heavy (non-hydrogen) atoms. The third-order valence-electron chi connectivity index (χ3n) is 1.04. The van der Waals surface area contributed by atoms with E-state index in [1.165, 1.54) is 0 Å². The summed E-state index contributed by atoms with van der Waals surface area (Å²) in [7, 11) is 0. The zero-order valence-electron chi connectivity index (χ0n) is 4.29. The van der Waals surface area contributed by atoms with Crippen molar-refractivity contribution in [1.82, 2.24) is 10.9 Å². The van der Waals surface area contributed by atoms with Gasteiger partial charge >= 0.3 is 0 Å². The molecule has 0 unspecified atom stereocenters. The van der Waals surface area contributed by atoms with E-state index in [-0.39, 0.29) is 0 Å². The van der Waals surface area contributed by atoms with Crippen LogP contribution in [0.15, 0.2) is 0 Å². The van der Waals surface area contributed by atoms with Crippen LogP contribution in [0.5, 0.6) is 0 Å². The zero-order chi connectivity index (χ0) is 5.33. The van der Waals surface area contributed by atoms with Crippen molar-refractivity contribution in [2.45, 2.75) is 12.6 Å². The van der Waals surface area contributed by atoms with E-state index in [1.54, 1.807) is 6.92 Å². The minimum Gasteiger partial charge on any atom is -0.254 e. The largest absolute Gasteiger partial charge is 0.254 e. The van der Waals surface area contributed by atoms with Crippen LogP contribution >= 0.6 is 0 Å². The SMILES string of the molecule is CC1(F)CNNC1. The van der Waals surface area contributed by atoms with E-state index in [1.807, 2.05) is 0 Å². The summed E-state index contributed by atoms with van der Waals surface area (Å²) in [6.45, 7) is 2.42. The third-order valence-corrected chi connectivity index (χ3v) is 1.04. The minimum atomic E-state index is -1.03. The number of hydrogen-bond acceptors (Lipinski definition) is 2. The topological polar surface area (TPSA) is 24.1 Å². The minimum absolute atomic E-state index is 0.424. The van der Waals surface area contributed by atoms with Gasteiger partial charge in [-0.2, -0.15) is 0 Å². The molecule has 2 N–H and O–H groups in total. The van der Waals surface area contributed by atoms with Gasteiger partial charge in [-0.3, -0.25) is 10.9 Å². The van der Waals surface area contributed by atoms with E-state index >= 15 is 0 Å². The van der Waals surface area contributed by atoms with Gasteiger partial charge in [0.05, 0.1) is 0 Å². The van der Waals surface area contributed by atoms with Crippen LogP contribution in [0.4, 0.5) is 4.39 Å². The second-order valence-corrected chi connectivity index (χ2v) is 2.12. The number of nitrogens with one attached hydrogen (secondary N) is 2. The number of rotatable bonds is 0. The maximum Gasteiger partial charge on any atom is 0.135 e. The molecule has 0 radical (unpaired) electrons. The molecular weight excluding hydrogens is 95.1 g/mol.